The smallest absolute Gasteiger partial charge is 0.269 e. The molecule has 0 spiro atoms. The van der Waals surface area contributed by atoms with Crippen LogP contribution in [0.3, 0.4) is 0 Å². The summed E-state index contributed by atoms with van der Waals surface area (Å²) >= 11 is 0. The summed E-state index contributed by atoms with van der Waals surface area (Å²) in [5, 5.41) is 10.4. The quantitative estimate of drug-likeness (QED) is 0.408. The van der Waals surface area contributed by atoms with Gasteiger partial charge < -0.3 is 4.74 Å². The number of nitro benzene ring substituents is 1. The Kier molecular flexibility index (Phi) is 2.40. The molecule has 1 saturated heterocycles. The molecule has 0 aliphatic carbocycles. The molecule has 0 aromatic heterocycles. The lowest BCUT2D eigenvalue weighted by molar-refractivity contribution is -0.384. The normalized spacial score (nSPS) is 21.0. The molecule has 0 amide bonds. The molecular weight excluding hydrogens is 190 g/mol. The molecule has 1 fully saturated rings. The molecule has 14 heavy (non-hydrogen) atoms. The van der Waals surface area contributed by atoms with Gasteiger partial charge in [-0.3, -0.25) is 10.1 Å². The van der Waals surface area contributed by atoms with E-state index in [0.717, 1.165) is 0 Å². The van der Waals surface area contributed by atoms with E-state index in [1.165, 1.54) is 12.1 Å². The average molecular weight is 197 g/mol. The standard InChI is InChI=1S/C8H7NO5/c10-9(11)7-3-1-6(2-4-7)8-12-5-13-14-8/h1-4,8H,5H2. The van der Waals surface area contributed by atoms with Crippen LogP contribution in [0.1, 0.15) is 11.9 Å². The number of hydrogen-bond acceptors (Lipinski definition) is 5. The Bertz CT molecular complexity index is 330. The second-order valence-electron chi connectivity index (χ2n) is 2.68. The summed E-state index contributed by atoms with van der Waals surface area (Å²) < 4.78 is 5.03. The predicted molar refractivity (Wildman–Crippen MR) is 44.0 cm³/mol. The van der Waals surface area contributed by atoms with E-state index in [2.05, 4.69) is 4.89 Å². The Morgan fingerprint density at radius 1 is 1.36 bits per heavy atom. The van der Waals surface area contributed by atoms with Crippen molar-refractivity contribution in [3.63, 3.8) is 0 Å². The van der Waals surface area contributed by atoms with Crippen molar-refractivity contribution in [3.05, 3.63) is 39.9 Å². The Hall–Kier alpha value is -1.50. The summed E-state index contributed by atoms with van der Waals surface area (Å²) in [5.41, 5.74) is 0.723. The summed E-state index contributed by atoms with van der Waals surface area (Å²) in [6, 6.07) is 5.91. The van der Waals surface area contributed by atoms with Gasteiger partial charge in [0.05, 0.1) is 4.92 Å². The van der Waals surface area contributed by atoms with Gasteiger partial charge in [0.25, 0.3) is 5.69 Å². The van der Waals surface area contributed by atoms with Crippen molar-refractivity contribution in [2.75, 3.05) is 6.79 Å². The van der Waals surface area contributed by atoms with Gasteiger partial charge in [-0.1, -0.05) is 0 Å². The molecule has 0 bridgehead atoms. The monoisotopic (exact) mass is 197 g/mol. The van der Waals surface area contributed by atoms with Crippen molar-refractivity contribution >= 4 is 5.69 Å². The van der Waals surface area contributed by atoms with Crippen LogP contribution in [-0.2, 0) is 14.5 Å². The molecule has 1 atom stereocenters. The highest BCUT2D eigenvalue weighted by atomic mass is 17.3. The molecule has 1 aliphatic heterocycles. The molecule has 6 nitrogen and oxygen atoms in total. The topological polar surface area (TPSA) is 70.8 Å². The number of hydrogen-bond donors (Lipinski definition) is 0. The van der Waals surface area contributed by atoms with Crippen molar-refractivity contribution < 1.29 is 19.4 Å². The summed E-state index contributed by atoms with van der Waals surface area (Å²) in [6.45, 7) is 0.0711. The second-order valence-corrected chi connectivity index (χ2v) is 2.68. The van der Waals surface area contributed by atoms with Gasteiger partial charge in [0, 0.05) is 17.7 Å². The molecule has 0 N–H and O–H groups in total. The first-order valence-corrected chi connectivity index (χ1v) is 3.91. The Balaban J connectivity index is 2.16. The molecule has 1 aromatic carbocycles. The number of benzene rings is 1. The van der Waals surface area contributed by atoms with Gasteiger partial charge in [-0.15, -0.1) is 0 Å². The molecule has 74 valence electrons. The number of rotatable bonds is 2. The van der Waals surface area contributed by atoms with Crippen LogP contribution in [0, 0.1) is 10.1 Å². The zero-order valence-corrected chi connectivity index (χ0v) is 7.08. The lowest BCUT2D eigenvalue weighted by atomic mass is 10.2. The van der Waals surface area contributed by atoms with Crippen molar-refractivity contribution in [1.29, 1.82) is 0 Å². The van der Waals surface area contributed by atoms with E-state index in [1.54, 1.807) is 12.1 Å². The van der Waals surface area contributed by atoms with E-state index >= 15 is 0 Å². The van der Waals surface area contributed by atoms with Crippen LogP contribution in [-0.4, -0.2) is 11.7 Å². The minimum atomic E-state index is -0.587. The Labute approximate surface area is 79.1 Å². The molecule has 6 heteroatoms. The summed E-state index contributed by atoms with van der Waals surface area (Å²) in [5.74, 6) is 0. The molecule has 1 aliphatic rings. The first kappa shape index (κ1) is 9.07. The van der Waals surface area contributed by atoms with E-state index in [-0.39, 0.29) is 12.5 Å². The van der Waals surface area contributed by atoms with Gasteiger partial charge in [-0.25, -0.2) is 4.89 Å². The number of nitro groups is 1. The van der Waals surface area contributed by atoms with E-state index in [9.17, 15) is 10.1 Å². The lowest BCUT2D eigenvalue weighted by Gasteiger charge is -2.04. The van der Waals surface area contributed by atoms with E-state index in [0.29, 0.717) is 5.56 Å². The van der Waals surface area contributed by atoms with Crippen LogP contribution < -0.4 is 0 Å². The zero-order chi connectivity index (χ0) is 9.97. The third-order valence-electron chi connectivity index (χ3n) is 1.80. The molecule has 0 saturated carbocycles. The van der Waals surface area contributed by atoms with Crippen molar-refractivity contribution in [3.8, 4) is 0 Å². The van der Waals surface area contributed by atoms with Gasteiger partial charge in [-0.05, 0) is 12.1 Å². The van der Waals surface area contributed by atoms with Crippen molar-refractivity contribution in [2.24, 2.45) is 0 Å². The van der Waals surface area contributed by atoms with Crippen LogP contribution >= 0.6 is 0 Å². The van der Waals surface area contributed by atoms with Crippen LogP contribution in [0.15, 0.2) is 24.3 Å². The maximum absolute atomic E-state index is 10.4. The molecule has 1 unspecified atom stereocenters. The summed E-state index contributed by atoms with van der Waals surface area (Å²) in [4.78, 5) is 19.2. The fourth-order valence-corrected chi connectivity index (χ4v) is 1.11. The van der Waals surface area contributed by atoms with Gasteiger partial charge in [0.15, 0.2) is 6.79 Å². The third kappa shape index (κ3) is 1.72. The van der Waals surface area contributed by atoms with Gasteiger partial charge in [0.2, 0.25) is 6.29 Å². The highest BCUT2D eigenvalue weighted by Gasteiger charge is 2.20. The largest absolute Gasteiger partial charge is 0.316 e. The van der Waals surface area contributed by atoms with E-state index < -0.39 is 11.2 Å². The first-order chi connectivity index (χ1) is 6.77. The SMILES string of the molecule is O=[N+]([O-])c1ccc(C2OCOO2)cc1. The highest BCUT2D eigenvalue weighted by Crippen LogP contribution is 2.25. The molecular formula is C8H7NO5. The first-order valence-electron chi connectivity index (χ1n) is 3.91. The van der Waals surface area contributed by atoms with Crippen molar-refractivity contribution in [1.82, 2.24) is 0 Å². The lowest BCUT2D eigenvalue weighted by Crippen LogP contribution is -1.97. The second kappa shape index (κ2) is 3.70. The van der Waals surface area contributed by atoms with Crippen LogP contribution in [0.5, 0.6) is 0 Å². The molecule has 1 aromatic rings. The maximum atomic E-state index is 10.4. The van der Waals surface area contributed by atoms with Gasteiger partial charge in [-0.2, -0.15) is 4.89 Å². The minimum absolute atomic E-state index is 0.0349. The van der Waals surface area contributed by atoms with Crippen LogP contribution in [0.2, 0.25) is 0 Å². The highest BCUT2D eigenvalue weighted by molar-refractivity contribution is 5.33. The number of ether oxygens (including phenoxy) is 1. The molecule has 0 radical (unpaired) electrons. The van der Waals surface area contributed by atoms with Gasteiger partial charge >= 0.3 is 0 Å². The average Bonchev–Trinajstić information content (AvgIpc) is 2.71. The number of nitrogens with zero attached hydrogens (tertiary/aromatic N) is 1. The predicted octanol–water partition coefficient (Wildman–Crippen LogP) is 1.53. The fourth-order valence-electron chi connectivity index (χ4n) is 1.11. The van der Waals surface area contributed by atoms with E-state index in [4.69, 9.17) is 9.62 Å². The maximum Gasteiger partial charge on any atom is 0.269 e. The zero-order valence-electron chi connectivity index (χ0n) is 7.08. The van der Waals surface area contributed by atoms with Crippen LogP contribution in [0.25, 0.3) is 0 Å². The molecule has 1 heterocycles. The Morgan fingerprint density at radius 3 is 2.57 bits per heavy atom. The van der Waals surface area contributed by atoms with Crippen LogP contribution in [0.4, 0.5) is 5.69 Å². The fraction of sp³-hybridized carbons (Fsp3) is 0.250. The third-order valence-corrected chi connectivity index (χ3v) is 1.80. The van der Waals surface area contributed by atoms with Crippen molar-refractivity contribution in [2.45, 2.75) is 6.29 Å². The summed E-state index contributed by atoms with van der Waals surface area (Å²) in [6.07, 6.45) is -0.587. The Morgan fingerprint density at radius 2 is 2.07 bits per heavy atom. The summed E-state index contributed by atoms with van der Waals surface area (Å²) in [7, 11) is 0. The molecule has 2 rings (SSSR count). The van der Waals surface area contributed by atoms with Gasteiger partial charge in [0.1, 0.15) is 0 Å². The minimum Gasteiger partial charge on any atom is -0.316 e. The number of non-ortho nitro benzene ring substituents is 1. The van der Waals surface area contributed by atoms with E-state index in [1.807, 2.05) is 0 Å².